The summed E-state index contributed by atoms with van der Waals surface area (Å²) < 4.78 is 0. The Bertz CT molecular complexity index is 448. The van der Waals surface area contributed by atoms with Crippen molar-refractivity contribution in [1.82, 2.24) is 5.32 Å². The van der Waals surface area contributed by atoms with E-state index < -0.39 is 0 Å². The topological polar surface area (TPSA) is 24.1 Å². The quantitative estimate of drug-likeness (QED) is 0.630. The van der Waals surface area contributed by atoms with Crippen molar-refractivity contribution in [3.05, 3.63) is 29.3 Å². The van der Waals surface area contributed by atoms with Crippen LogP contribution in [0.15, 0.2) is 18.2 Å². The minimum Gasteiger partial charge on any atom is -0.360 e. The van der Waals surface area contributed by atoms with E-state index in [2.05, 4.69) is 42.7 Å². The van der Waals surface area contributed by atoms with Gasteiger partial charge in [0.05, 0.1) is 0 Å². The van der Waals surface area contributed by atoms with Crippen molar-refractivity contribution < 1.29 is 0 Å². The summed E-state index contributed by atoms with van der Waals surface area (Å²) in [4.78, 5) is 0. The second kappa shape index (κ2) is 7.63. The fraction of sp³-hybridized carbons (Fsp3) is 0.588. The van der Waals surface area contributed by atoms with Gasteiger partial charge in [-0.1, -0.05) is 50.8 Å². The monoisotopic (exact) mass is 290 g/mol. The van der Waals surface area contributed by atoms with E-state index in [0.717, 1.165) is 11.5 Å². The van der Waals surface area contributed by atoms with Gasteiger partial charge in [-0.25, -0.2) is 0 Å². The molecule has 0 bridgehead atoms. The first-order valence-corrected chi connectivity index (χ1v) is 8.27. The molecule has 1 aromatic carbocycles. The van der Waals surface area contributed by atoms with E-state index in [1.165, 1.54) is 55.3 Å². The van der Waals surface area contributed by atoms with Gasteiger partial charge in [-0.15, -0.1) is 0 Å². The molecule has 3 heteroatoms. The predicted molar refractivity (Wildman–Crippen MR) is 91.4 cm³/mol. The first-order chi connectivity index (χ1) is 9.70. The molecule has 0 aliphatic heterocycles. The standard InChI is InChI=1S/C17H26N2S/c1-3-14-10-8-9-13(2)16(14)19-17(20)18-15-11-6-4-5-7-12-15/h8-10,15H,3-7,11-12H2,1-2H3,(H2,18,19,20). The Balaban J connectivity index is 1.97. The number of benzene rings is 1. The van der Waals surface area contributed by atoms with Gasteiger partial charge < -0.3 is 10.6 Å². The van der Waals surface area contributed by atoms with Gasteiger partial charge in [0.1, 0.15) is 0 Å². The van der Waals surface area contributed by atoms with Gasteiger partial charge in [-0.3, -0.25) is 0 Å². The number of hydrogen-bond acceptors (Lipinski definition) is 1. The Hall–Kier alpha value is -1.09. The summed E-state index contributed by atoms with van der Waals surface area (Å²) in [5.41, 5.74) is 3.77. The van der Waals surface area contributed by atoms with Gasteiger partial charge in [0.25, 0.3) is 0 Å². The SMILES string of the molecule is CCc1cccc(C)c1NC(=S)NC1CCCCCC1. The molecule has 0 heterocycles. The van der Waals surface area contributed by atoms with Gasteiger partial charge in [0, 0.05) is 11.7 Å². The molecule has 1 aromatic rings. The van der Waals surface area contributed by atoms with Gasteiger partial charge in [-0.05, 0) is 49.5 Å². The van der Waals surface area contributed by atoms with Crippen LogP contribution in [-0.2, 0) is 6.42 Å². The lowest BCUT2D eigenvalue weighted by atomic mass is 10.1. The lowest BCUT2D eigenvalue weighted by Crippen LogP contribution is -2.37. The fourth-order valence-electron chi connectivity index (χ4n) is 2.96. The molecule has 1 fully saturated rings. The molecule has 1 aliphatic carbocycles. The van der Waals surface area contributed by atoms with Gasteiger partial charge >= 0.3 is 0 Å². The normalized spacial score (nSPS) is 16.5. The van der Waals surface area contributed by atoms with E-state index in [9.17, 15) is 0 Å². The van der Waals surface area contributed by atoms with Crippen LogP contribution in [0.5, 0.6) is 0 Å². The number of hydrogen-bond donors (Lipinski definition) is 2. The second-order valence-corrected chi connectivity index (χ2v) is 6.16. The van der Waals surface area contributed by atoms with Crippen LogP contribution in [0, 0.1) is 6.92 Å². The summed E-state index contributed by atoms with van der Waals surface area (Å²) in [5.74, 6) is 0. The van der Waals surface area contributed by atoms with E-state index in [0.29, 0.717) is 6.04 Å². The number of para-hydroxylation sites is 1. The summed E-state index contributed by atoms with van der Waals surface area (Å²) >= 11 is 5.51. The Morgan fingerprint density at radius 3 is 2.55 bits per heavy atom. The van der Waals surface area contributed by atoms with Crippen LogP contribution in [0.4, 0.5) is 5.69 Å². The minimum absolute atomic E-state index is 0.548. The fourth-order valence-corrected chi connectivity index (χ4v) is 3.23. The van der Waals surface area contributed by atoms with Crippen LogP contribution in [0.3, 0.4) is 0 Å². The highest BCUT2D eigenvalue weighted by atomic mass is 32.1. The molecule has 0 spiro atoms. The second-order valence-electron chi connectivity index (χ2n) is 5.75. The average Bonchev–Trinajstić information content (AvgIpc) is 2.69. The zero-order valence-electron chi connectivity index (χ0n) is 12.7. The van der Waals surface area contributed by atoms with E-state index in [1.807, 2.05) is 0 Å². The molecule has 0 saturated heterocycles. The zero-order valence-corrected chi connectivity index (χ0v) is 13.5. The van der Waals surface area contributed by atoms with Crippen molar-refractivity contribution in [1.29, 1.82) is 0 Å². The average molecular weight is 290 g/mol. The first-order valence-electron chi connectivity index (χ1n) is 7.86. The summed E-state index contributed by atoms with van der Waals surface area (Å²) in [6.45, 7) is 4.32. The summed E-state index contributed by atoms with van der Waals surface area (Å²) in [6, 6.07) is 6.96. The van der Waals surface area contributed by atoms with Crippen molar-refractivity contribution in [3.8, 4) is 0 Å². The molecule has 2 nitrogen and oxygen atoms in total. The highest BCUT2D eigenvalue weighted by molar-refractivity contribution is 7.80. The Kier molecular flexibility index (Phi) is 5.84. The minimum atomic E-state index is 0.548. The van der Waals surface area contributed by atoms with Crippen molar-refractivity contribution >= 4 is 23.0 Å². The van der Waals surface area contributed by atoms with Crippen LogP contribution >= 0.6 is 12.2 Å². The van der Waals surface area contributed by atoms with Crippen molar-refractivity contribution in [2.45, 2.75) is 64.8 Å². The Labute approximate surface area is 128 Å². The van der Waals surface area contributed by atoms with Gasteiger partial charge in [0.2, 0.25) is 0 Å². The third-order valence-electron chi connectivity index (χ3n) is 4.17. The maximum atomic E-state index is 5.51. The maximum Gasteiger partial charge on any atom is 0.171 e. The number of aryl methyl sites for hydroxylation is 2. The molecule has 20 heavy (non-hydrogen) atoms. The molecule has 0 amide bonds. The lowest BCUT2D eigenvalue weighted by Gasteiger charge is -2.21. The largest absolute Gasteiger partial charge is 0.360 e. The molecule has 0 unspecified atom stereocenters. The summed E-state index contributed by atoms with van der Waals surface area (Å²) in [7, 11) is 0. The smallest absolute Gasteiger partial charge is 0.171 e. The summed E-state index contributed by atoms with van der Waals surface area (Å²) in [6.07, 6.45) is 8.91. The molecular formula is C17H26N2S. The Morgan fingerprint density at radius 2 is 1.90 bits per heavy atom. The van der Waals surface area contributed by atoms with E-state index >= 15 is 0 Å². The Morgan fingerprint density at radius 1 is 1.20 bits per heavy atom. The number of thiocarbonyl (C=S) groups is 1. The van der Waals surface area contributed by atoms with Crippen LogP contribution in [0.2, 0.25) is 0 Å². The molecule has 1 aliphatic rings. The van der Waals surface area contributed by atoms with Crippen molar-refractivity contribution in [2.24, 2.45) is 0 Å². The highest BCUT2D eigenvalue weighted by Crippen LogP contribution is 2.22. The van der Waals surface area contributed by atoms with Crippen LogP contribution in [0.1, 0.15) is 56.6 Å². The van der Waals surface area contributed by atoms with Crippen LogP contribution in [-0.4, -0.2) is 11.2 Å². The molecule has 0 radical (unpaired) electrons. The highest BCUT2D eigenvalue weighted by Gasteiger charge is 2.14. The van der Waals surface area contributed by atoms with E-state index in [1.54, 1.807) is 0 Å². The third kappa shape index (κ3) is 4.20. The van der Waals surface area contributed by atoms with Crippen LogP contribution in [0.25, 0.3) is 0 Å². The molecule has 110 valence electrons. The molecule has 2 rings (SSSR count). The lowest BCUT2D eigenvalue weighted by molar-refractivity contribution is 0.535. The molecular weight excluding hydrogens is 264 g/mol. The summed E-state index contributed by atoms with van der Waals surface area (Å²) in [5, 5.41) is 7.70. The molecule has 0 atom stereocenters. The first kappa shape index (κ1) is 15.3. The zero-order chi connectivity index (χ0) is 14.4. The van der Waals surface area contributed by atoms with Crippen molar-refractivity contribution in [2.75, 3.05) is 5.32 Å². The molecule has 2 N–H and O–H groups in total. The van der Waals surface area contributed by atoms with Gasteiger partial charge in [0.15, 0.2) is 5.11 Å². The number of rotatable bonds is 3. The van der Waals surface area contributed by atoms with E-state index in [-0.39, 0.29) is 0 Å². The number of nitrogens with one attached hydrogen (secondary N) is 2. The molecule has 1 saturated carbocycles. The predicted octanol–water partition coefficient (Wildman–Crippen LogP) is 4.57. The maximum absolute atomic E-state index is 5.51. The third-order valence-corrected chi connectivity index (χ3v) is 4.39. The molecule has 0 aromatic heterocycles. The van der Waals surface area contributed by atoms with E-state index in [4.69, 9.17) is 12.2 Å². The van der Waals surface area contributed by atoms with Crippen LogP contribution < -0.4 is 10.6 Å². The van der Waals surface area contributed by atoms with Gasteiger partial charge in [-0.2, -0.15) is 0 Å². The van der Waals surface area contributed by atoms with Crippen molar-refractivity contribution in [3.63, 3.8) is 0 Å². The number of anilines is 1.